The molecule has 0 aromatic carbocycles. The summed E-state index contributed by atoms with van der Waals surface area (Å²) in [6.07, 6.45) is 0. The first kappa shape index (κ1) is 12.9. The Kier molecular flexibility index (Phi) is 4.07. The van der Waals surface area contributed by atoms with E-state index in [1.54, 1.807) is 13.8 Å². The minimum absolute atomic E-state index is 0.333. The molecule has 0 aliphatic rings. The van der Waals surface area contributed by atoms with Crippen molar-refractivity contribution in [2.45, 2.75) is 39.3 Å². The van der Waals surface area contributed by atoms with Crippen molar-refractivity contribution < 1.29 is 14.7 Å². The van der Waals surface area contributed by atoms with E-state index in [2.05, 4.69) is 0 Å². The minimum atomic E-state index is -1.21. The van der Waals surface area contributed by atoms with E-state index in [0.29, 0.717) is 6.54 Å². The lowest BCUT2D eigenvalue weighted by atomic mass is 10.0. The fraction of sp³-hybridized carbons (Fsp3) is 0.778. The van der Waals surface area contributed by atoms with Crippen LogP contribution in [0.1, 0.15) is 27.7 Å². The number of amides is 1. The van der Waals surface area contributed by atoms with Crippen molar-refractivity contribution in [1.29, 1.82) is 0 Å². The van der Waals surface area contributed by atoms with Gasteiger partial charge in [0.15, 0.2) is 0 Å². The molecule has 0 aromatic heterocycles. The van der Waals surface area contributed by atoms with Crippen molar-refractivity contribution in [2.24, 2.45) is 5.73 Å². The Labute approximate surface area is 83.9 Å². The van der Waals surface area contributed by atoms with Crippen molar-refractivity contribution in [3.05, 3.63) is 0 Å². The summed E-state index contributed by atoms with van der Waals surface area (Å²) >= 11 is 0. The second-order valence-electron chi connectivity index (χ2n) is 3.74. The lowest BCUT2D eigenvalue weighted by Gasteiger charge is -2.35. The smallest absolute Gasteiger partial charge is 0.329 e. The molecule has 0 fully saturated rings. The summed E-state index contributed by atoms with van der Waals surface area (Å²) in [5, 5.41) is 8.94. The molecule has 0 aromatic rings. The first-order chi connectivity index (χ1) is 6.25. The molecule has 0 bridgehead atoms. The summed E-state index contributed by atoms with van der Waals surface area (Å²) < 4.78 is 0. The number of carbonyl (C=O) groups is 2. The maximum atomic E-state index is 11.6. The lowest BCUT2D eigenvalue weighted by Crippen LogP contribution is -2.56. The topological polar surface area (TPSA) is 83.6 Å². The molecule has 0 unspecified atom stereocenters. The summed E-state index contributed by atoms with van der Waals surface area (Å²) in [4.78, 5) is 23.7. The molecule has 5 heteroatoms. The quantitative estimate of drug-likeness (QED) is 0.674. The molecule has 0 aliphatic heterocycles. The average molecular weight is 202 g/mol. The van der Waals surface area contributed by atoms with E-state index in [9.17, 15) is 9.59 Å². The SMILES string of the molecule is CCN(C(=O)[C@H](C)N)C(C)(C)C(=O)O. The van der Waals surface area contributed by atoms with Crippen LogP contribution in [0.2, 0.25) is 0 Å². The van der Waals surface area contributed by atoms with Gasteiger partial charge in [0.05, 0.1) is 6.04 Å². The van der Waals surface area contributed by atoms with Gasteiger partial charge >= 0.3 is 5.97 Å². The lowest BCUT2D eigenvalue weighted by molar-refractivity contribution is -0.157. The molecule has 1 amide bonds. The van der Waals surface area contributed by atoms with Crippen LogP contribution in [0.3, 0.4) is 0 Å². The molecule has 3 N–H and O–H groups in total. The van der Waals surface area contributed by atoms with E-state index in [-0.39, 0.29) is 5.91 Å². The van der Waals surface area contributed by atoms with Gasteiger partial charge in [-0.1, -0.05) is 0 Å². The van der Waals surface area contributed by atoms with Crippen LogP contribution in [-0.2, 0) is 9.59 Å². The molecule has 0 aliphatic carbocycles. The molecular formula is C9H18N2O3. The third kappa shape index (κ3) is 2.45. The van der Waals surface area contributed by atoms with E-state index in [1.165, 1.54) is 18.7 Å². The molecule has 14 heavy (non-hydrogen) atoms. The predicted molar refractivity (Wildman–Crippen MR) is 52.8 cm³/mol. The zero-order valence-electron chi connectivity index (χ0n) is 9.07. The van der Waals surface area contributed by atoms with Gasteiger partial charge in [-0.3, -0.25) is 4.79 Å². The third-order valence-corrected chi connectivity index (χ3v) is 2.17. The highest BCUT2D eigenvalue weighted by Gasteiger charge is 2.37. The first-order valence-corrected chi connectivity index (χ1v) is 4.55. The number of likely N-dealkylation sites (N-methyl/N-ethyl adjacent to an activating group) is 1. The van der Waals surface area contributed by atoms with Gasteiger partial charge in [-0.25, -0.2) is 4.79 Å². The van der Waals surface area contributed by atoms with Crippen molar-refractivity contribution in [2.75, 3.05) is 6.54 Å². The van der Waals surface area contributed by atoms with Crippen LogP contribution in [0.25, 0.3) is 0 Å². The van der Waals surface area contributed by atoms with Gasteiger partial charge in [0.2, 0.25) is 5.91 Å². The van der Waals surface area contributed by atoms with Gasteiger partial charge in [0, 0.05) is 6.54 Å². The summed E-state index contributed by atoms with van der Waals surface area (Å²) in [6, 6.07) is -0.673. The highest BCUT2D eigenvalue weighted by molar-refractivity contribution is 5.88. The van der Waals surface area contributed by atoms with Crippen LogP contribution in [0, 0.1) is 0 Å². The number of hydrogen-bond donors (Lipinski definition) is 2. The number of carboxylic acid groups (broad SMARTS) is 1. The van der Waals surface area contributed by atoms with Crippen LogP contribution in [0.4, 0.5) is 0 Å². The van der Waals surface area contributed by atoms with Crippen LogP contribution in [-0.4, -0.2) is 40.0 Å². The normalized spacial score (nSPS) is 13.5. The van der Waals surface area contributed by atoms with E-state index in [1.807, 2.05) is 0 Å². The highest BCUT2D eigenvalue weighted by atomic mass is 16.4. The molecule has 82 valence electrons. The van der Waals surface area contributed by atoms with Crippen LogP contribution < -0.4 is 5.73 Å². The second-order valence-corrected chi connectivity index (χ2v) is 3.74. The maximum Gasteiger partial charge on any atom is 0.329 e. The molecule has 0 rings (SSSR count). The Balaban J connectivity index is 4.90. The van der Waals surface area contributed by atoms with Crippen molar-refractivity contribution in [1.82, 2.24) is 4.90 Å². The number of aliphatic carboxylic acids is 1. The van der Waals surface area contributed by atoms with Crippen LogP contribution in [0.15, 0.2) is 0 Å². The van der Waals surface area contributed by atoms with Crippen molar-refractivity contribution in [3.8, 4) is 0 Å². The van der Waals surface area contributed by atoms with Gasteiger partial charge in [-0.15, -0.1) is 0 Å². The van der Waals surface area contributed by atoms with Gasteiger partial charge in [0.1, 0.15) is 5.54 Å². The number of carboxylic acids is 1. The number of nitrogens with two attached hydrogens (primary N) is 1. The number of carbonyl (C=O) groups excluding carboxylic acids is 1. The molecule has 0 heterocycles. The molecular weight excluding hydrogens is 184 g/mol. The zero-order chi connectivity index (χ0) is 11.5. The molecule has 1 atom stereocenters. The number of rotatable bonds is 4. The Bertz CT molecular complexity index is 236. The second kappa shape index (κ2) is 4.41. The minimum Gasteiger partial charge on any atom is -0.480 e. The fourth-order valence-corrected chi connectivity index (χ4v) is 1.19. The summed E-state index contributed by atoms with van der Waals surface area (Å²) in [5.74, 6) is -1.38. The van der Waals surface area contributed by atoms with E-state index < -0.39 is 17.6 Å². The Morgan fingerprint density at radius 1 is 1.50 bits per heavy atom. The fourth-order valence-electron chi connectivity index (χ4n) is 1.19. The van der Waals surface area contributed by atoms with Gasteiger partial charge in [-0.05, 0) is 27.7 Å². The van der Waals surface area contributed by atoms with E-state index in [0.717, 1.165) is 0 Å². The van der Waals surface area contributed by atoms with Gasteiger partial charge in [0.25, 0.3) is 0 Å². The Morgan fingerprint density at radius 2 is 1.93 bits per heavy atom. The standard InChI is InChI=1S/C9H18N2O3/c1-5-11(7(12)6(2)10)9(3,4)8(13)14/h6H,5,10H2,1-4H3,(H,13,14)/t6-/m0/s1. The highest BCUT2D eigenvalue weighted by Crippen LogP contribution is 2.15. The van der Waals surface area contributed by atoms with E-state index >= 15 is 0 Å². The average Bonchev–Trinajstić information content (AvgIpc) is 2.04. The van der Waals surface area contributed by atoms with Crippen LogP contribution in [0.5, 0.6) is 0 Å². The van der Waals surface area contributed by atoms with Gasteiger partial charge < -0.3 is 15.7 Å². The Morgan fingerprint density at radius 3 is 2.14 bits per heavy atom. The van der Waals surface area contributed by atoms with E-state index in [4.69, 9.17) is 10.8 Å². The number of nitrogens with zero attached hydrogens (tertiary/aromatic N) is 1. The largest absolute Gasteiger partial charge is 0.480 e. The summed E-state index contributed by atoms with van der Waals surface area (Å²) in [6.45, 7) is 6.58. The summed E-state index contributed by atoms with van der Waals surface area (Å²) in [7, 11) is 0. The molecule has 0 spiro atoms. The van der Waals surface area contributed by atoms with Gasteiger partial charge in [-0.2, -0.15) is 0 Å². The van der Waals surface area contributed by atoms with Crippen LogP contribution >= 0.6 is 0 Å². The molecule has 0 saturated carbocycles. The molecule has 5 nitrogen and oxygen atoms in total. The number of hydrogen-bond acceptors (Lipinski definition) is 3. The molecule has 0 radical (unpaired) electrons. The summed E-state index contributed by atoms with van der Waals surface area (Å²) in [5.41, 5.74) is 4.22. The van der Waals surface area contributed by atoms with Crippen molar-refractivity contribution in [3.63, 3.8) is 0 Å². The maximum absolute atomic E-state index is 11.6. The van der Waals surface area contributed by atoms with Crippen molar-refractivity contribution >= 4 is 11.9 Å². The first-order valence-electron chi connectivity index (χ1n) is 4.55. The predicted octanol–water partition coefficient (Wildman–Crippen LogP) is 0.0453. The third-order valence-electron chi connectivity index (χ3n) is 2.17. The monoisotopic (exact) mass is 202 g/mol. The molecule has 0 saturated heterocycles. The zero-order valence-corrected chi connectivity index (χ0v) is 9.07. The Hall–Kier alpha value is -1.10.